The molecule has 3 aromatic carbocycles. The lowest BCUT2D eigenvalue weighted by atomic mass is 10.1. The van der Waals surface area contributed by atoms with Crippen molar-refractivity contribution in [1.29, 1.82) is 0 Å². The zero-order chi connectivity index (χ0) is 23.8. The number of methoxy groups -OCH3 is 1. The maximum Gasteiger partial charge on any atom is 0.254 e. The molecule has 0 fully saturated rings. The number of carbonyl (C=O) groups is 2. The Labute approximate surface area is 195 Å². The minimum Gasteiger partial charge on any atom is -0.493 e. The highest BCUT2D eigenvalue weighted by atomic mass is 16.5. The summed E-state index contributed by atoms with van der Waals surface area (Å²) in [5, 5.41) is 0. The molecule has 0 N–H and O–H groups in total. The Morgan fingerprint density at radius 1 is 0.788 bits per heavy atom. The number of hydrogen-bond donors (Lipinski definition) is 0. The number of rotatable bonds is 9. The molecule has 6 heteroatoms. The second-order valence-electron chi connectivity index (χ2n) is 7.86. The summed E-state index contributed by atoms with van der Waals surface area (Å²) in [7, 11) is 5.01. The molecule has 0 radical (unpaired) electrons. The van der Waals surface area contributed by atoms with Crippen molar-refractivity contribution in [3.63, 3.8) is 0 Å². The van der Waals surface area contributed by atoms with Crippen LogP contribution in [-0.4, -0.2) is 49.4 Å². The van der Waals surface area contributed by atoms with Crippen LogP contribution in [0.25, 0.3) is 0 Å². The summed E-state index contributed by atoms with van der Waals surface area (Å²) >= 11 is 0. The molecule has 0 heterocycles. The molecule has 0 bridgehead atoms. The van der Waals surface area contributed by atoms with Gasteiger partial charge in [0.15, 0.2) is 11.5 Å². The van der Waals surface area contributed by atoms with Gasteiger partial charge in [0.05, 0.1) is 7.11 Å². The highest BCUT2D eigenvalue weighted by Gasteiger charge is 2.18. The first-order chi connectivity index (χ1) is 15.9. The fourth-order valence-electron chi connectivity index (χ4n) is 3.40. The average Bonchev–Trinajstić information content (AvgIpc) is 2.86. The Bertz CT molecular complexity index is 1080. The smallest absolute Gasteiger partial charge is 0.254 e. The maximum absolute atomic E-state index is 13.2. The van der Waals surface area contributed by atoms with Crippen molar-refractivity contribution in [3.05, 3.63) is 95.1 Å². The summed E-state index contributed by atoms with van der Waals surface area (Å²) < 4.78 is 11.4. The number of amides is 2. The van der Waals surface area contributed by atoms with Crippen LogP contribution in [0, 0.1) is 0 Å². The summed E-state index contributed by atoms with van der Waals surface area (Å²) in [4.78, 5) is 28.5. The van der Waals surface area contributed by atoms with E-state index in [0.29, 0.717) is 42.3 Å². The van der Waals surface area contributed by atoms with Crippen LogP contribution < -0.4 is 9.47 Å². The van der Waals surface area contributed by atoms with Crippen LogP contribution in [0.3, 0.4) is 0 Å². The van der Waals surface area contributed by atoms with Gasteiger partial charge in [-0.05, 0) is 48.4 Å². The number of hydrogen-bond acceptors (Lipinski definition) is 4. The fraction of sp³-hybridized carbons (Fsp3) is 0.259. The van der Waals surface area contributed by atoms with Gasteiger partial charge < -0.3 is 19.3 Å². The number of benzene rings is 3. The summed E-state index contributed by atoms with van der Waals surface area (Å²) in [6.07, 6.45) is 0. The Morgan fingerprint density at radius 2 is 1.45 bits per heavy atom. The van der Waals surface area contributed by atoms with Crippen LogP contribution in [0.1, 0.15) is 38.8 Å². The van der Waals surface area contributed by atoms with Crippen LogP contribution in [0.5, 0.6) is 11.5 Å². The average molecular weight is 447 g/mol. The maximum atomic E-state index is 13.2. The second-order valence-corrected chi connectivity index (χ2v) is 7.86. The van der Waals surface area contributed by atoms with Crippen LogP contribution in [0.2, 0.25) is 0 Å². The largest absolute Gasteiger partial charge is 0.493 e. The molecule has 0 saturated carbocycles. The third kappa shape index (κ3) is 6.13. The van der Waals surface area contributed by atoms with Crippen molar-refractivity contribution in [2.24, 2.45) is 0 Å². The van der Waals surface area contributed by atoms with Gasteiger partial charge in [0.25, 0.3) is 11.8 Å². The molecule has 0 aliphatic heterocycles. The fourth-order valence-corrected chi connectivity index (χ4v) is 3.40. The Balaban J connectivity index is 1.70. The monoisotopic (exact) mass is 446 g/mol. The molecule has 3 rings (SSSR count). The Hall–Kier alpha value is -3.80. The molecule has 2 amide bonds. The number of ether oxygens (including phenoxy) is 2. The van der Waals surface area contributed by atoms with Gasteiger partial charge in [-0.2, -0.15) is 0 Å². The van der Waals surface area contributed by atoms with E-state index in [4.69, 9.17) is 9.47 Å². The van der Waals surface area contributed by atoms with Crippen LogP contribution >= 0.6 is 0 Å². The van der Waals surface area contributed by atoms with E-state index in [2.05, 4.69) is 0 Å². The van der Waals surface area contributed by atoms with Crippen molar-refractivity contribution in [1.82, 2.24) is 9.80 Å². The lowest BCUT2D eigenvalue weighted by Gasteiger charge is -2.22. The molecule has 0 aliphatic carbocycles. The highest BCUT2D eigenvalue weighted by molar-refractivity contribution is 5.95. The molecule has 0 unspecified atom stereocenters. The van der Waals surface area contributed by atoms with E-state index in [0.717, 1.165) is 11.1 Å². The van der Waals surface area contributed by atoms with Gasteiger partial charge in [-0.25, -0.2) is 0 Å². The van der Waals surface area contributed by atoms with Crippen molar-refractivity contribution in [2.75, 3.05) is 27.7 Å². The van der Waals surface area contributed by atoms with Gasteiger partial charge in [-0.15, -0.1) is 0 Å². The first-order valence-corrected chi connectivity index (χ1v) is 10.9. The summed E-state index contributed by atoms with van der Waals surface area (Å²) in [5.74, 6) is 0.951. The zero-order valence-electron chi connectivity index (χ0n) is 19.6. The topological polar surface area (TPSA) is 59.1 Å². The van der Waals surface area contributed by atoms with E-state index in [9.17, 15) is 9.59 Å². The quantitative estimate of drug-likeness (QED) is 0.481. The molecule has 172 valence electrons. The molecular formula is C27H30N2O4. The van der Waals surface area contributed by atoms with Crippen molar-refractivity contribution in [3.8, 4) is 11.5 Å². The van der Waals surface area contributed by atoms with Crippen molar-refractivity contribution >= 4 is 11.8 Å². The number of nitrogens with zero attached hydrogens (tertiary/aromatic N) is 2. The molecule has 0 aromatic heterocycles. The summed E-state index contributed by atoms with van der Waals surface area (Å²) in [6, 6.07) is 22.5. The van der Waals surface area contributed by atoms with Gasteiger partial charge in [0, 0.05) is 38.3 Å². The predicted molar refractivity (Wildman–Crippen MR) is 129 cm³/mol. The third-order valence-electron chi connectivity index (χ3n) is 5.30. The molecule has 3 aromatic rings. The molecule has 0 aliphatic rings. The highest BCUT2D eigenvalue weighted by Crippen LogP contribution is 2.29. The number of carbonyl (C=O) groups excluding carboxylic acids is 2. The molecule has 0 saturated heterocycles. The lowest BCUT2D eigenvalue weighted by Crippen LogP contribution is -2.30. The Morgan fingerprint density at radius 3 is 2.06 bits per heavy atom. The molecular weight excluding hydrogens is 416 g/mol. The first kappa shape index (κ1) is 23.9. The van der Waals surface area contributed by atoms with Gasteiger partial charge in [0.1, 0.15) is 6.61 Å². The van der Waals surface area contributed by atoms with Crippen LogP contribution in [0.4, 0.5) is 0 Å². The normalized spacial score (nSPS) is 10.4. The zero-order valence-corrected chi connectivity index (χ0v) is 19.6. The minimum atomic E-state index is -0.0983. The van der Waals surface area contributed by atoms with E-state index < -0.39 is 0 Å². The van der Waals surface area contributed by atoms with Gasteiger partial charge in [-0.3, -0.25) is 9.59 Å². The standard InChI is InChI=1S/C27H30N2O4/c1-5-29(18-20-11-13-22(14-12-20)26(30)28(2)3)27(31)23-15-16-24(25(17-23)32-4)33-19-21-9-7-6-8-10-21/h6-17H,5,18-19H2,1-4H3. The van der Waals surface area contributed by atoms with E-state index >= 15 is 0 Å². The predicted octanol–water partition coefficient (Wildman–Crippen LogP) is 4.64. The van der Waals surface area contributed by atoms with Crippen molar-refractivity contribution in [2.45, 2.75) is 20.1 Å². The van der Waals surface area contributed by atoms with E-state index in [-0.39, 0.29) is 11.8 Å². The molecule has 33 heavy (non-hydrogen) atoms. The van der Waals surface area contributed by atoms with Gasteiger partial charge in [-0.1, -0.05) is 42.5 Å². The van der Waals surface area contributed by atoms with Crippen LogP contribution in [0.15, 0.2) is 72.8 Å². The van der Waals surface area contributed by atoms with E-state index in [1.807, 2.05) is 49.4 Å². The SMILES string of the molecule is CCN(Cc1ccc(C(=O)N(C)C)cc1)C(=O)c1ccc(OCc2ccccc2)c(OC)c1. The van der Waals surface area contributed by atoms with Gasteiger partial charge >= 0.3 is 0 Å². The molecule has 0 spiro atoms. The summed E-state index contributed by atoms with van der Waals surface area (Å²) in [6.45, 7) is 3.35. The van der Waals surface area contributed by atoms with Gasteiger partial charge in [0.2, 0.25) is 0 Å². The Kier molecular flexibility index (Phi) is 8.08. The summed E-state index contributed by atoms with van der Waals surface area (Å²) in [5.41, 5.74) is 3.15. The minimum absolute atomic E-state index is 0.0494. The third-order valence-corrected chi connectivity index (χ3v) is 5.30. The molecule has 0 atom stereocenters. The van der Waals surface area contributed by atoms with Crippen LogP contribution in [-0.2, 0) is 13.2 Å². The van der Waals surface area contributed by atoms with E-state index in [1.54, 1.807) is 56.4 Å². The van der Waals surface area contributed by atoms with E-state index in [1.165, 1.54) is 4.90 Å². The first-order valence-electron chi connectivity index (χ1n) is 10.9. The molecule has 6 nitrogen and oxygen atoms in total. The van der Waals surface area contributed by atoms with Crippen molar-refractivity contribution < 1.29 is 19.1 Å². The second kappa shape index (κ2) is 11.2. The lowest BCUT2D eigenvalue weighted by molar-refractivity contribution is 0.0751.